The van der Waals surface area contributed by atoms with Gasteiger partial charge in [0, 0.05) is 35.1 Å². The summed E-state index contributed by atoms with van der Waals surface area (Å²) in [4.78, 5) is 23.5. The molecule has 2 radical (unpaired) electrons. The van der Waals surface area contributed by atoms with Crippen LogP contribution in [0.3, 0.4) is 0 Å². The first-order valence-corrected chi connectivity index (χ1v) is 13.9. The molecule has 0 saturated carbocycles. The lowest BCUT2D eigenvalue weighted by Crippen LogP contribution is -2.42. The zero-order valence-corrected chi connectivity index (χ0v) is 25.7. The van der Waals surface area contributed by atoms with Gasteiger partial charge in [-0.25, -0.2) is 0 Å². The van der Waals surface area contributed by atoms with E-state index in [4.69, 9.17) is 9.47 Å². The zero-order chi connectivity index (χ0) is 31.5. The third-order valence-electron chi connectivity index (χ3n) is 7.13. The fourth-order valence-corrected chi connectivity index (χ4v) is 5.59. The summed E-state index contributed by atoms with van der Waals surface area (Å²) < 4.78 is 13.0. The number of carboxylic acids is 2. The van der Waals surface area contributed by atoms with Crippen LogP contribution in [0.15, 0.2) is 12.1 Å². The standard InChI is InChI=1S/C33H46O8/c1-11-40-33(41-12-2,25-21(13-15-23(34)35)17-19(3)29(38)27(25)31(5,6)7)26-22(14-16-24(36)37)18-20(4)30(39)28(26)32(8,9)10/h17-18,38-39H,1-2,11-16H2,3-10H3,(H,34,35)(H,36,37). The van der Waals surface area contributed by atoms with Crippen molar-refractivity contribution in [3.05, 3.63) is 70.5 Å². The van der Waals surface area contributed by atoms with Crippen LogP contribution in [0.2, 0.25) is 0 Å². The van der Waals surface area contributed by atoms with Gasteiger partial charge < -0.3 is 29.9 Å². The average molecular weight is 571 g/mol. The molecule has 226 valence electrons. The summed E-state index contributed by atoms with van der Waals surface area (Å²) in [6.45, 7) is 22.7. The Morgan fingerprint density at radius 1 is 0.683 bits per heavy atom. The summed E-state index contributed by atoms with van der Waals surface area (Å²) in [5.74, 6) is -3.79. The van der Waals surface area contributed by atoms with Crippen molar-refractivity contribution in [2.45, 2.75) is 97.7 Å². The lowest BCUT2D eigenvalue weighted by Gasteiger charge is -2.43. The fourth-order valence-electron chi connectivity index (χ4n) is 5.59. The van der Waals surface area contributed by atoms with Crippen molar-refractivity contribution in [3.63, 3.8) is 0 Å². The Balaban J connectivity index is 3.38. The molecule has 0 fully saturated rings. The van der Waals surface area contributed by atoms with Crippen molar-refractivity contribution in [2.24, 2.45) is 0 Å². The number of rotatable bonds is 12. The largest absolute Gasteiger partial charge is 0.507 e. The van der Waals surface area contributed by atoms with E-state index in [0.717, 1.165) is 0 Å². The number of carboxylic acid groups (broad SMARTS) is 2. The molecule has 41 heavy (non-hydrogen) atoms. The number of phenolic OH excluding ortho intramolecular Hbond substituents is 2. The number of aliphatic carboxylic acids is 2. The summed E-state index contributed by atoms with van der Waals surface area (Å²) in [6, 6.07) is 3.47. The fraction of sp³-hybridized carbons (Fsp3) is 0.515. The van der Waals surface area contributed by atoms with Crippen LogP contribution in [0.4, 0.5) is 0 Å². The van der Waals surface area contributed by atoms with Crippen molar-refractivity contribution in [2.75, 3.05) is 13.2 Å². The maximum atomic E-state index is 11.7. The molecular weight excluding hydrogens is 524 g/mol. The third kappa shape index (κ3) is 7.22. The zero-order valence-electron chi connectivity index (χ0n) is 25.7. The SMILES string of the molecule is [CH2]COC(OC[CH2])(c1c(CCC(=O)O)cc(C)c(O)c1C(C)(C)C)c1c(CCC(=O)O)cc(C)c(O)c1C(C)(C)C. The van der Waals surface area contributed by atoms with Crippen LogP contribution in [0.5, 0.6) is 11.5 Å². The Morgan fingerprint density at radius 3 is 1.24 bits per heavy atom. The van der Waals surface area contributed by atoms with Crippen molar-refractivity contribution in [1.29, 1.82) is 0 Å². The number of ether oxygens (including phenoxy) is 2. The molecule has 0 amide bonds. The molecule has 4 N–H and O–H groups in total. The smallest absolute Gasteiger partial charge is 0.303 e. The van der Waals surface area contributed by atoms with Gasteiger partial charge in [-0.3, -0.25) is 9.59 Å². The molecule has 0 spiro atoms. The Kier molecular flexibility index (Phi) is 10.7. The second-order valence-corrected chi connectivity index (χ2v) is 12.5. The molecule has 2 aromatic rings. The van der Waals surface area contributed by atoms with E-state index in [2.05, 4.69) is 13.8 Å². The van der Waals surface area contributed by atoms with E-state index in [1.54, 1.807) is 26.0 Å². The number of benzene rings is 2. The molecule has 0 aromatic heterocycles. The monoisotopic (exact) mass is 570 g/mol. The molecule has 0 bridgehead atoms. The van der Waals surface area contributed by atoms with Crippen LogP contribution >= 0.6 is 0 Å². The maximum Gasteiger partial charge on any atom is 0.303 e. The van der Waals surface area contributed by atoms with E-state index in [-0.39, 0.29) is 50.4 Å². The van der Waals surface area contributed by atoms with Crippen molar-refractivity contribution < 1.29 is 39.5 Å². The predicted molar refractivity (Wildman–Crippen MR) is 158 cm³/mol. The van der Waals surface area contributed by atoms with E-state index in [1.807, 2.05) is 41.5 Å². The van der Waals surface area contributed by atoms with Crippen LogP contribution in [0.1, 0.15) is 98.9 Å². The first-order valence-electron chi connectivity index (χ1n) is 13.9. The normalized spacial score (nSPS) is 12.5. The minimum atomic E-state index is -1.83. The summed E-state index contributed by atoms with van der Waals surface area (Å²) in [5.41, 5.74) is 2.72. The number of hydrogen-bond donors (Lipinski definition) is 4. The molecule has 0 heterocycles. The molecule has 0 saturated heterocycles. The Bertz CT molecular complexity index is 1180. The van der Waals surface area contributed by atoms with Crippen molar-refractivity contribution >= 4 is 11.9 Å². The molecule has 0 unspecified atom stereocenters. The predicted octanol–water partition coefficient (Wildman–Crippen LogP) is 6.25. The van der Waals surface area contributed by atoms with Gasteiger partial charge in [0.15, 0.2) is 0 Å². The topological polar surface area (TPSA) is 134 Å². The van der Waals surface area contributed by atoms with Gasteiger partial charge in [0.2, 0.25) is 5.79 Å². The highest BCUT2D eigenvalue weighted by atomic mass is 16.7. The third-order valence-corrected chi connectivity index (χ3v) is 7.13. The highest BCUT2D eigenvalue weighted by Crippen LogP contribution is 2.52. The lowest BCUT2D eigenvalue weighted by atomic mass is 9.71. The van der Waals surface area contributed by atoms with Crippen molar-refractivity contribution in [1.82, 2.24) is 0 Å². The quantitative estimate of drug-likeness (QED) is 0.220. The first-order chi connectivity index (χ1) is 18.8. The van der Waals surface area contributed by atoms with Gasteiger partial charge in [-0.1, -0.05) is 53.7 Å². The Labute approximate surface area is 244 Å². The number of hydrogen-bond acceptors (Lipinski definition) is 6. The molecule has 0 aliphatic rings. The highest BCUT2D eigenvalue weighted by Gasteiger charge is 2.48. The number of aryl methyl sites for hydroxylation is 4. The van der Waals surface area contributed by atoms with E-state index in [1.165, 1.54) is 0 Å². The molecular formula is C33H46O8. The number of carbonyl (C=O) groups is 2. The van der Waals surface area contributed by atoms with Crippen molar-refractivity contribution in [3.8, 4) is 11.5 Å². The minimum Gasteiger partial charge on any atom is -0.507 e. The second-order valence-electron chi connectivity index (χ2n) is 12.5. The average Bonchev–Trinajstić information content (AvgIpc) is 2.82. The van der Waals surface area contributed by atoms with E-state index in [9.17, 15) is 30.0 Å². The minimum absolute atomic E-state index is 0.0111. The first kappa shape index (κ1) is 34.1. The van der Waals surface area contributed by atoms with Gasteiger partial charge in [-0.05, 0) is 73.6 Å². The van der Waals surface area contributed by atoms with Gasteiger partial charge in [-0.15, -0.1) is 0 Å². The van der Waals surface area contributed by atoms with Crippen LogP contribution < -0.4 is 0 Å². The van der Waals surface area contributed by atoms with Gasteiger partial charge in [0.1, 0.15) is 11.5 Å². The molecule has 2 rings (SSSR count). The van der Waals surface area contributed by atoms with E-state index < -0.39 is 28.6 Å². The lowest BCUT2D eigenvalue weighted by molar-refractivity contribution is -0.208. The van der Waals surface area contributed by atoms with Gasteiger partial charge >= 0.3 is 11.9 Å². The molecule has 8 nitrogen and oxygen atoms in total. The van der Waals surface area contributed by atoms with E-state index in [0.29, 0.717) is 44.5 Å². The summed E-state index contributed by atoms with van der Waals surface area (Å²) >= 11 is 0. The Morgan fingerprint density at radius 2 is 1.00 bits per heavy atom. The molecule has 0 atom stereocenters. The van der Waals surface area contributed by atoms with Gasteiger partial charge in [0.25, 0.3) is 0 Å². The maximum absolute atomic E-state index is 11.7. The summed E-state index contributed by atoms with van der Waals surface area (Å²) in [6.07, 6.45) is -0.179. The Hall–Kier alpha value is -3.10. The van der Waals surface area contributed by atoms with Gasteiger partial charge in [-0.2, -0.15) is 0 Å². The second kappa shape index (κ2) is 12.8. The number of phenols is 2. The molecule has 8 heteroatoms. The van der Waals surface area contributed by atoms with Gasteiger partial charge in [0.05, 0.1) is 13.2 Å². The highest BCUT2D eigenvalue weighted by molar-refractivity contribution is 5.69. The van der Waals surface area contributed by atoms with Crippen LogP contribution in [0.25, 0.3) is 0 Å². The van der Waals surface area contributed by atoms with Crippen LogP contribution in [-0.4, -0.2) is 45.6 Å². The number of aromatic hydroxyl groups is 2. The summed E-state index contributed by atoms with van der Waals surface area (Å²) in [5, 5.41) is 42.3. The van der Waals surface area contributed by atoms with E-state index >= 15 is 0 Å². The molecule has 0 aliphatic heterocycles. The molecule has 0 aliphatic carbocycles. The van der Waals surface area contributed by atoms with Crippen LogP contribution in [0, 0.1) is 27.7 Å². The summed E-state index contributed by atoms with van der Waals surface area (Å²) in [7, 11) is 0. The molecule has 2 aromatic carbocycles. The van der Waals surface area contributed by atoms with Crippen LogP contribution in [-0.2, 0) is 48.5 Å².